The van der Waals surface area contributed by atoms with Crippen LogP contribution >= 0.6 is 0 Å². The van der Waals surface area contributed by atoms with Gasteiger partial charge in [0.2, 0.25) is 0 Å². The minimum absolute atomic E-state index is 0.406. The molecule has 4 nitrogen and oxygen atoms in total. The summed E-state index contributed by atoms with van der Waals surface area (Å²) in [6.07, 6.45) is 5.66. The van der Waals surface area contributed by atoms with Crippen LogP contribution in [0.1, 0.15) is 51.6 Å². The van der Waals surface area contributed by atoms with E-state index in [1.54, 1.807) is 7.11 Å². The molecule has 1 aromatic rings. The monoisotopic (exact) mass is 279 g/mol. The van der Waals surface area contributed by atoms with Crippen LogP contribution in [-0.4, -0.2) is 30.5 Å². The fraction of sp³-hybridized carbons (Fsp3) is 0.812. The molecular formula is C16H29N3O. The van der Waals surface area contributed by atoms with Crippen molar-refractivity contribution in [2.24, 2.45) is 11.3 Å². The van der Waals surface area contributed by atoms with Gasteiger partial charge in [-0.25, -0.2) is 0 Å². The fourth-order valence-electron chi connectivity index (χ4n) is 3.63. The normalized spacial score (nSPS) is 25.6. The van der Waals surface area contributed by atoms with Gasteiger partial charge in [-0.05, 0) is 51.1 Å². The molecule has 1 aliphatic rings. The highest BCUT2D eigenvalue weighted by Gasteiger charge is 2.38. The van der Waals surface area contributed by atoms with Gasteiger partial charge in [-0.3, -0.25) is 4.68 Å². The zero-order valence-electron chi connectivity index (χ0n) is 13.6. The molecule has 0 saturated heterocycles. The smallest absolute Gasteiger partial charge is 0.160 e. The maximum Gasteiger partial charge on any atom is 0.160 e. The maximum absolute atomic E-state index is 5.57. The predicted molar refractivity (Wildman–Crippen MR) is 82.2 cm³/mol. The van der Waals surface area contributed by atoms with Gasteiger partial charge in [-0.15, -0.1) is 0 Å². The molecule has 1 aliphatic carbocycles. The highest BCUT2D eigenvalue weighted by Crippen LogP contribution is 2.48. The van der Waals surface area contributed by atoms with Gasteiger partial charge in [0, 0.05) is 12.5 Å². The van der Waals surface area contributed by atoms with E-state index in [1.165, 1.54) is 25.0 Å². The van der Waals surface area contributed by atoms with Gasteiger partial charge < -0.3 is 10.1 Å². The van der Waals surface area contributed by atoms with E-state index < -0.39 is 0 Å². The number of nitrogens with one attached hydrogen (secondary N) is 1. The van der Waals surface area contributed by atoms with Crippen LogP contribution in [0.25, 0.3) is 0 Å². The third-order valence-electron chi connectivity index (χ3n) is 4.72. The Morgan fingerprint density at radius 3 is 2.85 bits per heavy atom. The summed E-state index contributed by atoms with van der Waals surface area (Å²) in [5.74, 6) is 2.16. The Kier molecular flexibility index (Phi) is 4.74. The highest BCUT2D eigenvalue weighted by atomic mass is 16.5. The van der Waals surface area contributed by atoms with Crippen LogP contribution in [0.2, 0.25) is 0 Å². The van der Waals surface area contributed by atoms with Gasteiger partial charge in [0.05, 0.1) is 19.0 Å². The number of hydrogen-bond acceptors (Lipinski definition) is 3. The quantitative estimate of drug-likeness (QED) is 0.900. The zero-order chi connectivity index (χ0) is 14.8. The second-order valence-electron chi connectivity index (χ2n) is 6.75. The lowest BCUT2D eigenvalue weighted by Gasteiger charge is -2.41. The minimum Gasteiger partial charge on any atom is -0.493 e. The van der Waals surface area contributed by atoms with E-state index >= 15 is 0 Å². The van der Waals surface area contributed by atoms with Crippen LogP contribution in [0.15, 0.2) is 6.20 Å². The molecule has 1 fully saturated rings. The average molecular weight is 279 g/mol. The number of aryl methyl sites for hydroxylation is 1. The van der Waals surface area contributed by atoms with Crippen molar-refractivity contribution in [2.45, 2.75) is 52.5 Å². The van der Waals surface area contributed by atoms with Crippen LogP contribution in [0.5, 0.6) is 5.75 Å². The fourth-order valence-corrected chi connectivity index (χ4v) is 3.63. The van der Waals surface area contributed by atoms with E-state index in [9.17, 15) is 0 Å². The summed E-state index contributed by atoms with van der Waals surface area (Å²) in [4.78, 5) is 0. The number of hydrogen-bond donors (Lipinski definition) is 1. The van der Waals surface area contributed by atoms with Crippen molar-refractivity contribution in [1.29, 1.82) is 0 Å². The Balaban J connectivity index is 2.36. The molecule has 4 heteroatoms. The molecule has 20 heavy (non-hydrogen) atoms. The zero-order valence-corrected chi connectivity index (χ0v) is 13.6. The molecule has 1 saturated carbocycles. The van der Waals surface area contributed by atoms with E-state index in [0.717, 1.165) is 18.8 Å². The Morgan fingerprint density at radius 2 is 2.25 bits per heavy atom. The SMILES string of the molecule is CCn1ncc(OC)c1C1CC(C)(C)CCC1CNC. The lowest BCUT2D eigenvalue weighted by Crippen LogP contribution is -2.35. The van der Waals surface area contributed by atoms with Gasteiger partial charge in [-0.2, -0.15) is 5.10 Å². The van der Waals surface area contributed by atoms with Gasteiger partial charge in [-0.1, -0.05) is 13.8 Å². The summed E-state index contributed by atoms with van der Waals surface area (Å²) >= 11 is 0. The van der Waals surface area contributed by atoms with Crippen LogP contribution in [-0.2, 0) is 6.54 Å². The van der Waals surface area contributed by atoms with E-state index in [1.807, 2.05) is 13.2 Å². The topological polar surface area (TPSA) is 39.1 Å². The van der Waals surface area contributed by atoms with Crippen molar-refractivity contribution >= 4 is 0 Å². The van der Waals surface area contributed by atoms with Crippen LogP contribution in [0, 0.1) is 11.3 Å². The van der Waals surface area contributed by atoms with Crippen molar-refractivity contribution in [3.63, 3.8) is 0 Å². The highest BCUT2D eigenvalue weighted by molar-refractivity contribution is 5.30. The van der Waals surface area contributed by atoms with Gasteiger partial charge in [0.15, 0.2) is 5.75 Å². The summed E-state index contributed by atoms with van der Waals surface area (Å²) in [7, 11) is 3.80. The Morgan fingerprint density at radius 1 is 1.50 bits per heavy atom. The number of aromatic nitrogens is 2. The second kappa shape index (κ2) is 6.17. The number of nitrogens with zero attached hydrogens (tertiary/aromatic N) is 2. The Hall–Kier alpha value is -1.03. The molecule has 0 aliphatic heterocycles. The molecule has 1 aromatic heterocycles. The second-order valence-corrected chi connectivity index (χ2v) is 6.75. The molecule has 114 valence electrons. The lowest BCUT2D eigenvalue weighted by atomic mass is 9.66. The minimum atomic E-state index is 0.406. The third kappa shape index (κ3) is 3.00. The summed E-state index contributed by atoms with van der Waals surface area (Å²) in [5, 5.41) is 7.86. The molecule has 0 bridgehead atoms. The predicted octanol–water partition coefficient (Wildman–Crippen LogP) is 3.04. The van der Waals surface area contributed by atoms with E-state index in [0.29, 0.717) is 17.3 Å². The molecular weight excluding hydrogens is 250 g/mol. The van der Waals surface area contributed by atoms with Gasteiger partial charge >= 0.3 is 0 Å². The molecule has 2 unspecified atom stereocenters. The average Bonchev–Trinajstić information content (AvgIpc) is 2.83. The molecule has 2 rings (SSSR count). The first-order valence-corrected chi connectivity index (χ1v) is 7.76. The van der Waals surface area contributed by atoms with E-state index in [4.69, 9.17) is 4.74 Å². The first-order chi connectivity index (χ1) is 9.52. The van der Waals surface area contributed by atoms with Crippen molar-refractivity contribution in [3.05, 3.63) is 11.9 Å². The van der Waals surface area contributed by atoms with Crippen LogP contribution < -0.4 is 10.1 Å². The van der Waals surface area contributed by atoms with Crippen LogP contribution in [0.4, 0.5) is 0 Å². The van der Waals surface area contributed by atoms with E-state index in [-0.39, 0.29) is 0 Å². The third-order valence-corrected chi connectivity index (χ3v) is 4.72. The summed E-state index contributed by atoms with van der Waals surface area (Å²) in [6.45, 7) is 8.89. The molecule has 0 amide bonds. The first-order valence-electron chi connectivity index (χ1n) is 7.76. The summed E-state index contributed by atoms with van der Waals surface area (Å²) in [6, 6.07) is 0. The van der Waals surface area contributed by atoms with Crippen molar-refractivity contribution in [3.8, 4) is 5.75 Å². The Labute approximate surface area is 122 Å². The number of ether oxygens (including phenoxy) is 1. The maximum atomic E-state index is 5.57. The molecule has 2 atom stereocenters. The molecule has 1 N–H and O–H groups in total. The number of rotatable bonds is 5. The Bertz CT molecular complexity index is 417. The van der Waals surface area contributed by atoms with Crippen molar-refractivity contribution < 1.29 is 4.74 Å². The largest absolute Gasteiger partial charge is 0.493 e. The van der Waals surface area contributed by atoms with E-state index in [2.05, 4.69) is 35.9 Å². The first kappa shape index (κ1) is 15.4. The van der Waals surface area contributed by atoms with Gasteiger partial charge in [0.25, 0.3) is 0 Å². The summed E-state index contributed by atoms with van der Waals surface area (Å²) in [5.41, 5.74) is 1.70. The molecule has 0 radical (unpaired) electrons. The number of methoxy groups -OCH3 is 1. The molecule has 0 spiro atoms. The molecule has 1 heterocycles. The van der Waals surface area contributed by atoms with Crippen molar-refractivity contribution in [2.75, 3.05) is 20.7 Å². The standard InChI is InChI=1S/C16H29N3O/c1-6-19-15(14(20-5)11-18-19)13-9-16(2,3)8-7-12(13)10-17-4/h11-13,17H,6-10H2,1-5H3. The van der Waals surface area contributed by atoms with Crippen LogP contribution in [0.3, 0.4) is 0 Å². The molecule has 0 aromatic carbocycles. The summed E-state index contributed by atoms with van der Waals surface area (Å²) < 4.78 is 7.69. The van der Waals surface area contributed by atoms with Crippen molar-refractivity contribution in [1.82, 2.24) is 15.1 Å². The lowest BCUT2D eigenvalue weighted by molar-refractivity contribution is 0.154. The van der Waals surface area contributed by atoms with Gasteiger partial charge in [0.1, 0.15) is 0 Å².